The predicted molar refractivity (Wildman–Crippen MR) is 98.1 cm³/mol. The summed E-state index contributed by atoms with van der Waals surface area (Å²) < 4.78 is 5.55. The van der Waals surface area contributed by atoms with Crippen molar-refractivity contribution >= 4 is 23.2 Å². The first kappa shape index (κ1) is 18.6. The summed E-state index contributed by atoms with van der Waals surface area (Å²) in [6.45, 7) is 4.59. The summed E-state index contributed by atoms with van der Waals surface area (Å²) in [5, 5.41) is 14.6. The first-order valence-corrected chi connectivity index (χ1v) is 9.59. The number of rotatable bonds is 8. The third-order valence-electron chi connectivity index (χ3n) is 4.58. The number of carbonyl (C=O) groups is 2. The van der Waals surface area contributed by atoms with E-state index in [1.54, 1.807) is 0 Å². The van der Waals surface area contributed by atoms with Gasteiger partial charge in [-0.05, 0) is 38.4 Å². The summed E-state index contributed by atoms with van der Waals surface area (Å²) in [6.07, 6.45) is 1.83. The fraction of sp³-hybridized carbons (Fsp3) is 0.500. The molecule has 140 valence electrons. The maximum Gasteiger partial charge on any atom is 0.317 e. The third kappa shape index (κ3) is 4.50. The Morgan fingerprint density at radius 3 is 2.81 bits per heavy atom. The second kappa shape index (κ2) is 8.01. The fourth-order valence-corrected chi connectivity index (χ4v) is 3.95. The van der Waals surface area contributed by atoms with Gasteiger partial charge in [-0.1, -0.05) is 6.92 Å². The van der Waals surface area contributed by atoms with Gasteiger partial charge < -0.3 is 14.8 Å². The van der Waals surface area contributed by atoms with Gasteiger partial charge in [0, 0.05) is 17.5 Å². The van der Waals surface area contributed by atoms with Gasteiger partial charge >= 0.3 is 5.97 Å². The number of carboxylic acid groups (broad SMARTS) is 1. The molecule has 3 rings (SSSR count). The second-order valence-corrected chi connectivity index (χ2v) is 7.44. The van der Waals surface area contributed by atoms with E-state index in [9.17, 15) is 9.59 Å². The quantitative estimate of drug-likeness (QED) is 0.733. The van der Waals surface area contributed by atoms with Gasteiger partial charge in [-0.15, -0.1) is 11.3 Å². The number of nitrogens with zero attached hydrogens (tertiary/aromatic N) is 2. The van der Waals surface area contributed by atoms with E-state index in [4.69, 9.17) is 9.52 Å². The zero-order valence-corrected chi connectivity index (χ0v) is 15.7. The van der Waals surface area contributed by atoms with Crippen molar-refractivity contribution in [1.82, 2.24) is 15.2 Å². The average Bonchev–Trinajstić information content (AvgIpc) is 3.17. The molecule has 0 atom stereocenters. The molecule has 0 unspecified atom stereocenters. The molecule has 26 heavy (non-hydrogen) atoms. The highest BCUT2D eigenvalue weighted by Gasteiger charge is 2.34. The van der Waals surface area contributed by atoms with Crippen LogP contribution in [0.3, 0.4) is 0 Å². The van der Waals surface area contributed by atoms with Crippen molar-refractivity contribution in [2.45, 2.75) is 45.2 Å². The number of likely N-dealkylation sites (N-methyl/N-ethyl adjacent to an activating group) is 1. The number of nitrogens with one attached hydrogen (secondary N) is 1. The second-order valence-electron chi connectivity index (χ2n) is 6.58. The molecule has 0 saturated heterocycles. The van der Waals surface area contributed by atoms with E-state index in [1.807, 2.05) is 36.3 Å². The lowest BCUT2D eigenvalue weighted by molar-refractivity contribution is -0.139. The Balaban J connectivity index is 1.45. The van der Waals surface area contributed by atoms with Crippen molar-refractivity contribution < 1.29 is 19.1 Å². The first-order chi connectivity index (χ1) is 12.4. The number of carboxylic acids is 1. The highest BCUT2D eigenvalue weighted by molar-refractivity contribution is 7.13. The Labute approximate surface area is 156 Å². The lowest BCUT2D eigenvalue weighted by atomic mass is 9.85. The Hall–Kier alpha value is -2.19. The van der Waals surface area contributed by atoms with Crippen molar-refractivity contribution in [1.29, 1.82) is 0 Å². The van der Waals surface area contributed by atoms with Crippen LogP contribution in [0.1, 0.15) is 31.2 Å². The molecule has 1 fully saturated rings. The lowest BCUT2D eigenvalue weighted by Gasteiger charge is -2.42. The van der Waals surface area contributed by atoms with Crippen LogP contribution in [0.4, 0.5) is 0 Å². The highest BCUT2D eigenvalue weighted by Crippen LogP contribution is 2.27. The molecule has 0 aliphatic heterocycles. The average molecular weight is 377 g/mol. The maximum atomic E-state index is 12.2. The third-order valence-corrected chi connectivity index (χ3v) is 5.49. The monoisotopic (exact) mass is 377 g/mol. The molecule has 1 aliphatic rings. The molecule has 0 bridgehead atoms. The number of amides is 1. The summed E-state index contributed by atoms with van der Waals surface area (Å²) in [4.78, 5) is 29.5. The Morgan fingerprint density at radius 1 is 1.42 bits per heavy atom. The number of hydrogen-bond donors (Lipinski definition) is 2. The van der Waals surface area contributed by atoms with Crippen molar-refractivity contribution in [3.05, 3.63) is 29.0 Å². The molecule has 8 heteroatoms. The minimum absolute atomic E-state index is 0.0513. The predicted octanol–water partition coefficient (Wildman–Crippen LogP) is 2.31. The van der Waals surface area contributed by atoms with Crippen LogP contribution in [0.15, 0.2) is 21.9 Å². The van der Waals surface area contributed by atoms with Gasteiger partial charge in [0.15, 0.2) is 10.8 Å². The SMILES string of the molecule is CCN(CC(=O)O)C1CC(NC(=O)Cc2csc(-c3ccc(C)o3)n2)C1. The van der Waals surface area contributed by atoms with Crippen LogP contribution in [0.25, 0.3) is 10.8 Å². The molecule has 7 nitrogen and oxygen atoms in total. The van der Waals surface area contributed by atoms with Gasteiger partial charge in [0.25, 0.3) is 0 Å². The maximum absolute atomic E-state index is 12.2. The Bertz CT molecular complexity index is 779. The number of aromatic nitrogens is 1. The molecule has 0 spiro atoms. The van der Waals surface area contributed by atoms with E-state index < -0.39 is 5.97 Å². The minimum Gasteiger partial charge on any atom is -0.480 e. The lowest BCUT2D eigenvalue weighted by Crippen LogP contribution is -2.55. The van der Waals surface area contributed by atoms with Crippen molar-refractivity contribution in [3.63, 3.8) is 0 Å². The summed E-state index contributed by atoms with van der Waals surface area (Å²) >= 11 is 1.46. The van der Waals surface area contributed by atoms with Crippen LogP contribution >= 0.6 is 11.3 Å². The summed E-state index contributed by atoms with van der Waals surface area (Å²) in [5.41, 5.74) is 0.730. The van der Waals surface area contributed by atoms with Gasteiger partial charge in [-0.3, -0.25) is 14.5 Å². The zero-order chi connectivity index (χ0) is 18.7. The molecular formula is C18H23N3O4S. The first-order valence-electron chi connectivity index (χ1n) is 8.71. The van der Waals surface area contributed by atoms with Crippen LogP contribution in [0.2, 0.25) is 0 Å². The van der Waals surface area contributed by atoms with Crippen LogP contribution in [0, 0.1) is 6.92 Å². The number of hydrogen-bond acceptors (Lipinski definition) is 6. The molecule has 1 amide bonds. The Morgan fingerprint density at radius 2 is 2.19 bits per heavy atom. The van der Waals surface area contributed by atoms with E-state index in [-0.39, 0.29) is 31.0 Å². The fourth-order valence-electron chi connectivity index (χ4n) is 3.17. The number of thiazole rings is 1. The molecule has 0 aromatic carbocycles. The van der Waals surface area contributed by atoms with Crippen molar-refractivity contribution in [3.8, 4) is 10.8 Å². The molecule has 1 aliphatic carbocycles. The van der Waals surface area contributed by atoms with Gasteiger partial charge in [0.1, 0.15) is 5.76 Å². The van der Waals surface area contributed by atoms with Crippen LogP contribution in [-0.4, -0.2) is 52.0 Å². The van der Waals surface area contributed by atoms with Gasteiger partial charge in [0.05, 0.1) is 18.7 Å². The molecule has 1 saturated carbocycles. The number of carbonyl (C=O) groups excluding carboxylic acids is 1. The van der Waals surface area contributed by atoms with Gasteiger partial charge in [-0.2, -0.15) is 0 Å². The van der Waals surface area contributed by atoms with Crippen LogP contribution in [0.5, 0.6) is 0 Å². The highest BCUT2D eigenvalue weighted by atomic mass is 32.1. The summed E-state index contributed by atoms with van der Waals surface area (Å²) in [5.74, 6) is 0.685. The van der Waals surface area contributed by atoms with Crippen molar-refractivity contribution in [2.75, 3.05) is 13.1 Å². The Kier molecular flexibility index (Phi) is 5.73. The van der Waals surface area contributed by atoms with Crippen LogP contribution in [-0.2, 0) is 16.0 Å². The number of aryl methyl sites for hydroxylation is 1. The van der Waals surface area contributed by atoms with E-state index >= 15 is 0 Å². The zero-order valence-electron chi connectivity index (χ0n) is 14.9. The molecule has 2 N–H and O–H groups in total. The molecule has 2 aromatic rings. The van der Waals surface area contributed by atoms with E-state index in [1.165, 1.54) is 11.3 Å². The summed E-state index contributed by atoms with van der Waals surface area (Å²) in [6, 6.07) is 4.11. The van der Waals surface area contributed by atoms with E-state index in [2.05, 4.69) is 10.3 Å². The van der Waals surface area contributed by atoms with E-state index in [0.29, 0.717) is 6.54 Å². The molecule has 0 radical (unpaired) electrons. The number of furan rings is 1. The largest absolute Gasteiger partial charge is 0.480 e. The van der Waals surface area contributed by atoms with Crippen molar-refractivity contribution in [2.24, 2.45) is 0 Å². The smallest absolute Gasteiger partial charge is 0.317 e. The normalized spacial score (nSPS) is 19.3. The number of aliphatic carboxylic acids is 1. The van der Waals surface area contributed by atoms with Gasteiger partial charge in [0.2, 0.25) is 5.91 Å². The van der Waals surface area contributed by atoms with E-state index in [0.717, 1.165) is 35.1 Å². The molecule has 2 heterocycles. The topological polar surface area (TPSA) is 95.7 Å². The summed E-state index contributed by atoms with van der Waals surface area (Å²) in [7, 11) is 0. The standard InChI is InChI=1S/C18H23N3O4S/c1-3-21(9-17(23)24)14-6-12(7-14)19-16(22)8-13-10-26-18(20-13)15-5-4-11(2)25-15/h4-5,10,12,14H,3,6-9H2,1-2H3,(H,19,22)(H,23,24). The molecular weight excluding hydrogens is 354 g/mol. The minimum atomic E-state index is -0.814. The van der Waals surface area contributed by atoms with Gasteiger partial charge in [-0.25, -0.2) is 4.98 Å². The van der Waals surface area contributed by atoms with Crippen LogP contribution < -0.4 is 5.32 Å². The molecule has 2 aromatic heterocycles.